The smallest absolute Gasteiger partial charge is 0.0876 e. The van der Waals surface area contributed by atoms with Crippen LogP contribution in [-0.2, 0) is 11.8 Å². The number of benzene rings is 1. The van der Waals surface area contributed by atoms with Crippen LogP contribution < -0.4 is 10.4 Å². The molecule has 4 radical (unpaired) electrons. The van der Waals surface area contributed by atoms with Gasteiger partial charge in [-0.3, -0.25) is 0 Å². The van der Waals surface area contributed by atoms with E-state index >= 15 is 0 Å². The molecule has 0 nitrogen and oxygen atoms in total. The largest absolute Gasteiger partial charge is 0.122 e. The molecular formula is C32H56Cl2Si2. The van der Waals surface area contributed by atoms with Crippen molar-refractivity contribution in [3.8, 4) is 0 Å². The lowest BCUT2D eigenvalue weighted by atomic mass is 10.0. The summed E-state index contributed by atoms with van der Waals surface area (Å²) < 4.78 is 0. The van der Waals surface area contributed by atoms with Crippen LogP contribution >= 0.6 is 23.2 Å². The summed E-state index contributed by atoms with van der Waals surface area (Å²) in [6.07, 6.45) is 21.9. The first-order valence-electron chi connectivity index (χ1n) is 15.0. The van der Waals surface area contributed by atoms with Gasteiger partial charge in [0.05, 0.1) is 19.0 Å². The molecule has 0 aliphatic heterocycles. The number of unbranched alkanes of at least 4 members (excludes halogenated alkanes) is 12. The molecule has 0 saturated carbocycles. The molecule has 0 aliphatic carbocycles. The zero-order valence-electron chi connectivity index (χ0n) is 24.6. The molecule has 0 aliphatic rings. The van der Waals surface area contributed by atoms with Crippen LogP contribution in [0.2, 0.25) is 10.1 Å². The predicted molar refractivity (Wildman–Crippen MR) is 170 cm³/mol. The molecule has 0 spiro atoms. The summed E-state index contributed by atoms with van der Waals surface area (Å²) in [7, 11) is 1.58. The number of hydrogen-bond donors (Lipinski definition) is 0. The van der Waals surface area contributed by atoms with Crippen molar-refractivity contribution in [2.75, 3.05) is 0 Å². The Kier molecular flexibility index (Phi) is 18.4. The number of halogens is 2. The van der Waals surface area contributed by atoms with Crippen LogP contribution in [0.4, 0.5) is 0 Å². The van der Waals surface area contributed by atoms with Crippen LogP contribution in [-0.4, -0.2) is 19.0 Å². The third-order valence-electron chi connectivity index (χ3n) is 7.37. The standard InChI is InChI=1S/C32H56Cl2Si2/c1-7-9-11-13-15-17-19-21-31(3,4)35-29-23-28(26-34)30(24-27(29)25-33)36-32(5,6)22-20-18-16-14-12-10-8-2/h23-24H,7-22,25-26H2,1-6H3. The molecule has 0 amide bonds. The number of rotatable bonds is 22. The van der Waals surface area contributed by atoms with Crippen molar-refractivity contribution in [3.05, 3.63) is 23.3 Å². The molecule has 0 saturated heterocycles. The first-order chi connectivity index (χ1) is 17.2. The topological polar surface area (TPSA) is 0 Å². The summed E-state index contributed by atoms with van der Waals surface area (Å²) in [5.74, 6) is 1.21. The van der Waals surface area contributed by atoms with Gasteiger partial charge in [-0.1, -0.05) is 167 Å². The van der Waals surface area contributed by atoms with E-state index in [2.05, 4.69) is 53.7 Å². The van der Waals surface area contributed by atoms with E-state index in [1.807, 2.05) is 0 Å². The van der Waals surface area contributed by atoms with Gasteiger partial charge in [0, 0.05) is 11.8 Å². The number of alkyl halides is 2. The van der Waals surface area contributed by atoms with E-state index in [0.717, 1.165) is 19.0 Å². The normalized spacial score (nSPS) is 12.4. The van der Waals surface area contributed by atoms with Gasteiger partial charge in [-0.05, 0) is 21.2 Å². The van der Waals surface area contributed by atoms with Crippen molar-refractivity contribution in [1.29, 1.82) is 0 Å². The maximum absolute atomic E-state index is 6.52. The molecule has 206 valence electrons. The molecule has 0 aromatic heterocycles. The molecule has 0 bridgehead atoms. The van der Waals surface area contributed by atoms with E-state index < -0.39 is 0 Å². The Hall–Kier alpha value is 0.234. The van der Waals surface area contributed by atoms with E-state index in [1.54, 1.807) is 0 Å². The van der Waals surface area contributed by atoms with E-state index in [9.17, 15) is 0 Å². The average molecular weight is 568 g/mol. The fourth-order valence-corrected chi connectivity index (χ4v) is 8.91. The lowest BCUT2D eigenvalue weighted by Gasteiger charge is -2.28. The SMILES string of the molecule is CCCCCCCCCC(C)(C)[Si]c1cc(CCl)c([Si]C(C)(C)CCCCCCCCC)cc1CCl. The van der Waals surface area contributed by atoms with Gasteiger partial charge < -0.3 is 0 Å². The van der Waals surface area contributed by atoms with Crippen molar-refractivity contribution in [2.24, 2.45) is 0 Å². The minimum Gasteiger partial charge on any atom is -0.122 e. The van der Waals surface area contributed by atoms with Crippen LogP contribution in [0.3, 0.4) is 0 Å². The van der Waals surface area contributed by atoms with Crippen molar-refractivity contribution < 1.29 is 0 Å². The molecule has 0 fully saturated rings. The van der Waals surface area contributed by atoms with Gasteiger partial charge in [0.25, 0.3) is 0 Å². The molecule has 4 heteroatoms. The van der Waals surface area contributed by atoms with Crippen molar-refractivity contribution in [1.82, 2.24) is 0 Å². The van der Waals surface area contributed by atoms with E-state index in [0.29, 0.717) is 21.8 Å². The summed E-state index contributed by atoms with van der Waals surface area (Å²) >= 11 is 13.0. The van der Waals surface area contributed by atoms with E-state index in [1.165, 1.54) is 124 Å². The summed E-state index contributed by atoms with van der Waals surface area (Å²) in [6, 6.07) is 4.84. The van der Waals surface area contributed by atoms with E-state index in [4.69, 9.17) is 23.2 Å². The van der Waals surface area contributed by atoms with Crippen molar-refractivity contribution >= 4 is 52.6 Å². The van der Waals surface area contributed by atoms with Gasteiger partial charge in [-0.15, -0.1) is 23.2 Å². The summed E-state index contributed by atoms with van der Waals surface area (Å²) in [5.41, 5.74) is 2.68. The Bertz CT molecular complexity index is 640. The zero-order valence-corrected chi connectivity index (χ0v) is 28.2. The van der Waals surface area contributed by atoms with Gasteiger partial charge in [0.2, 0.25) is 0 Å². The van der Waals surface area contributed by atoms with Gasteiger partial charge in [-0.25, -0.2) is 0 Å². The molecule has 0 unspecified atom stereocenters. The van der Waals surface area contributed by atoms with Crippen LogP contribution in [0.1, 0.15) is 155 Å². The lowest BCUT2D eigenvalue weighted by molar-refractivity contribution is 0.522. The third-order valence-corrected chi connectivity index (χ3v) is 11.3. The van der Waals surface area contributed by atoms with Gasteiger partial charge in [-0.2, -0.15) is 0 Å². The molecule has 0 atom stereocenters. The van der Waals surface area contributed by atoms with E-state index in [-0.39, 0.29) is 0 Å². The summed E-state index contributed by atoms with van der Waals surface area (Å²) in [6.45, 7) is 14.4. The van der Waals surface area contributed by atoms with Crippen LogP contribution in [0, 0.1) is 0 Å². The molecule has 1 rings (SSSR count). The zero-order chi connectivity index (χ0) is 26.9. The molecular weight excluding hydrogens is 511 g/mol. The van der Waals surface area contributed by atoms with Gasteiger partial charge in [0.15, 0.2) is 0 Å². The Morgan fingerprint density at radius 1 is 0.528 bits per heavy atom. The fourth-order valence-electron chi connectivity index (χ4n) is 5.05. The number of hydrogen-bond acceptors (Lipinski definition) is 0. The summed E-state index contributed by atoms with van der Waals surface area (Å²) in [4.78, 5) is 0. The highest BCUT2D eigenvalue weighted by Crippen LogP contribution is 2.32. The first-order valence-corrected chi connectivity index (χ1v) is 18.1. The molecule has 0 heterocycles. The Balaban J connectivity index is 2.69. The Morgan fingerprint density at radius 3 is 1.14 bits per heavy atom. The second-order valence-electron chi connectivity index (χ2n) is 12.2. The monoisotopic (exact) mass is 566 g/mol. The van der Waals surface area contributed by atoms with Crippen LogP contribution in [0.5, 0.6) is 0 Å². The Labute approximate surface area is 241 Å². The lowest BCUT2D eigenvalue weighted by Crippen LogP contribution is -2.35. The molecule has 1 aromatic carbocycles. The minimum atomic E-state index is 0.327. The fraction of sp³-hybridized carbons (Fsp3) is 0.812. The van der Waals surface area contributed by atoms with Crippen LogP contribution in [0.15, 0.2) is 12.1 Å². The van der Waals surface area contributed by atoms with Gasteiger partial charge in [0.1, 0.15) is 0 Å². The van der Waals surface area contributed by atoms with Crippen molar-refractivity contribution in [3.63, 3.8) is 0 Å². The molecule has 1 aromatic rings. The minimum absolute atomic E-state index is 0.327. The first kappa shape index (κ1) is 34.3. The maximum Gasteiger partial charge on any atom is 0.0876 e. The molecule has 36 heavy (non-hydrogen) atoms. The quantitative estimate of drug-likeness (QED) is 0.0743. The molecule has 0 N–H and O–H groups in total. The highest BCUT2D eigenvalue weighted by atomic mass is 35.5. The second-order valence-corrected chi connectivity index (χ2v) is 17.0. The third kappa shape index (κ3) is 15.0. The van der Waals surface area contributed by atoms with Crippen molar-refractivity contribution in [2.45, 2.75) is 166 Å². The maximum atomic E-state index is 6.52. The predicted octanol–water partition coefficient (Wildman–Crippen LogP) is 10.5. The second kappa shape index (κ2) is 19.3. The summed E-state index contributed by atoms with van der Waals surface area (Å²) in [5, 5.41) is 3.56. The van der Waals surface area contributed by atoms with Crippen LogP contribution in [0.25, 0.3) is 0 Å². The highest BCUT2D eigenvalue weighted by molar-refractivity contribution is 6.60. The van der Waals surface area contributed by atoms with Gasteiger partial charge >= 0.3 is 0 Å². The Morgan fingerprint density at radius 2 is 0.833 bits per heavy atom. The average Bonchev–Trinajstić information content (AvgIpc) is 2.83. The highest BCUT2D eigenvalue weighted by Gasteiger charge is 2.25.